The summed E-state index contributed by atoms with van der Waals surface area (Å²) in [5, 5.41) is 10.00. The number of nitrogens with one attached hydrogen (secondary N) is 1. The molecule has 0 aromatic heterocycles. The summed E-state index contributed by atoms with van der Waals surface area (Å²) in [7, 11) is -3.72. The van der Waals surface area contributed by atoms with Crippen molar-refractivity contribution in [3.8, 4) is 0 Å². The number of halogens is 1. The third-order valence-corrected chi connectivity index (χ3v) is 4.36. The molecule has 14 heteroatoms. The number of hydrazine groups is 1. The van der Waals surface area contributed by atoms with Crippen LogP contribution in [-0.4, -0.2) is 103 Å². The molecule has 3 atom stereocenters. The van der Waals surface area contributed by atoms with Crippen molar-refractivity contribution in [2.45, 2.75) is 32.3 Å². The van der Waals surface area contributed by atoms with E-state index in [0.717, 1.165) is 16.2 Å². The summed E-state index contributed by atoms with van der Waals surface area (Å²) in [4.78, 5) is 43.4. The van der Waals surface area contributed by atoms with Crippen molar-refractivity contribution in [2.24, 2.45) is 0 Å². The van der Waals surface area contributed by atoms with Crippen LogP contribution in [0.1, 0.15) is 13.8 Å². The number of nitrogens with zero attached hydrogens (tertiary/aromatic N) is 3. The number of carboxylic acids is 1. The molecule has 0 saturated carbocycles. The van der Waals surface area contributed by atoms with Gasteiger partial charge in [0.05, 0.1) is 18.8 Å². The normalized spacial score (nSPS) is 22.8. The van der Waals surface area contributed by atoms with Gasteiger partial charge in [-0.05, 0) is 19.4 Å². The number of fused-ring (bicyclic) bond motifs is 2. The van der Waals surface area contributed by atoms with Crippen molar-refractivity contribution in [3.63, 3.8) is 0 Å². The molecule has 2 N–H and O–H groups in total. The summed E-state index contributed by atoms with van der Waals surface area (Å²) in [6, 6.07) is -2.77. The van der Waals surface area contributed by atoms with Crippen LogP contribution in [0.15, 0.2) is 11.6 Å². The number of carbonyl (C=O) groups is 3. The zero-order valence-electron chi connectivity index (χ0n) is 14.2. The van der Waals surface area contributed by atoms with Gasteiger partial charge in [-0.15, -0.1) is 4.83 Å². The van der Waals surface area contributed by atoms with E-state index in [0.29, 0.717) is 10.6 Å². The summed E-state index contributed by atoms with van der Waals surface area (Å²) in [6.45, 7) is 3.07. The molecule has 11 nitrogen and oxygen atoms in total. The van der Waals surface area contributed by atoms with E-state index in [2.05, 4.69) is 9.67 Å². The zero-order chi connectivity index (χ0) is 19.8. The number of hydrogen-bond donors (Lipinski definition) is 2. The van der Waals surface area contributed by atoms with E-state index in [4.69, 9.17) is 5.11 Å². The first-order valence-corrected chi connectivity index (χ1v) is 9.46. The molecular formula is C13H20FLiN4O7S. The summed E-state index contributed by atoms with van der Waals surface area (Å²) in [5.41, 5.74) is 0.421. The van der Waals surface area contributed by atoms with Crippen molar-refractivity contribution < 1.29 is 37.1 Å². The number of hydrogen-bond acceptors (Lipinski definition) is 6. The van der Waals surface area contributed by atoms with Crippen molar-refractivity contribution in [1.82, 2.24) is 19.8 Å². The number of rotatable bonds is 7. The zero-order valence-corrected chi connectivity index (χ0v) is 15.1. The maximum atomic E-state index is 13.3. The molecule has 148 valence electrons. The Balaban J connectivity index is 0.00000364. The van der Waals surface area contributed by atoms with Gasteiger partial charge in [-0.25, -0.2) is 27.2 Å². The number of sulfonamides is 1. The van der Waals surface area contributed by atoms with Crippen LogP contribution in [0, 0.1) is 0 Å². The monoisotopic (exact) mass is 402 g/mol. The predicted octanol–water partition coefficient (Wildman–Crippen LogP) is -1.60. The number of amides is 3. The maximum absolute atomic E-state index is 13.3. The SMILES string of the molecule is CCN(NS(C)(=O)=O)C(=O)[C@@H]1C(C)=C[C@@H]2CN1C(=O)N2O[C@@H](F)C(=O)O.[LiH]. The molecular weight excluding hydrogens is 382 g/mol. The third kappa shape index (κ3) is 4.99. The predicted molar refractivity (Wildman–Crippen MR) is 91.4 cm³/mol. The van der Waals surface area contributed by atoms with Crippen LogP contribution in [0.2, 0.25) is 0 Å². The van der Waals surface area contributed by atoms with E-state index >= 15 is 0 Å². The minimum absolute atomic E-state index is 0. The van der Waals surface area contributed by atoms with Gasteiger partial charge in [-0.2, -0.15) is 5.06 Å². The van der Waals surface area contributed by atoms with Gasteiger partial charge >= 0.3 is 37.2 Å². The Hall–Kier alpha value is -1.65. The molecule has 0 aromatic carbocycles. The Morgan fingerprint density at radius 3 is 2.59 bits per heavy atom. The molecule has 1 saturated heterocycles. The van der Waals surface area contributed by atoms with E-state index in [1.807, 2.05) is 0 Å². The quantitative estimate of drug-likeness (QED) is 0.297. The summed E-state index contributed by atoms with van der Waals surface area (Å²) >= 11 is 0. The Morgan fingerprint density at radius 1 is 1.52 bits per heavy atom. The first-order chi connectivity index (χ1) is 12.0. The van der Waals surface area contributed by atoms with Crippen LogP contribution in [0.25, 0.3) is 0 Å². The van der Waals surface area contributed by atoms with Crippen molar-refractivity contribution in [1.29, 1.82) is 0 Å². The number of carbonyl (C=O) groups excluding carboxylic acids is 2. The second-order valence-corrected chi connectivity index (χ2v) is 7.57. The molecule has 0 spiro atoms. The van der Waals surface area contributed by atoms with E-state index in [9.17, 15) is 27.2 Å². The molecule has 0 unspecified atom stereocenters. The Bertz CT molecular complexity index is 762. The van der Waals surface area contributed by atoms with Gasteiger partial charge in [-0.1, -0.05) is 6.08 Å². The molecule has 2 heterocycles. The second kappa shape index (κ2) is 8.57. The van der Waals surface area contributed by atoms with Gasteiger partial charge in [-0.3, -0.25) is 9.80 Å². The molecule has 3 amide bonds. The topological polar surface area (TPSA) is 137 Å². The van der Waals surface area contributed by atoms with Gasteiger partial charge in [0.25, 0.3) is 5.91 Å². The number of hydroxylamine groups is 2. The van der Waals surface area contributed by atoms with E-state index < -0.39 is 46.4 Å². The molecule has 0 aliphatic carbocycles. The van der Waals surface area contributed by atoms with Crippen LogP contribution >= 0.6 is 0 Å². The minimum atomic E-state index is -3.72. The Morgan fingerprint density at radius 2 is 2.11 bits per heavy atom. The Kier molecular flexibility index (Phi) is 7.43. The van der Waals surface area contributed by atoms with Crippen LogP contribution in [-0.2, 0) is 24.4 Å². The fourth-order valence-corrected chi connectivity index (χ4v) is 3.43. The van der Waals surface area contributed by atoms with Gasteiger partial charge in [0, 0.05) is 6.54 Å². The average molecular weight is 402 g/mol. The van der Waals surface area contributed by atoms with Gasteiger partial charge < -0.3 is 10.0 Å². The van der Waals surface area contributed by atoms with Crippen LogP contribution in [0.3, 0.4) is 0 Å². The molecule has 2 rings (SSSR count). The first kappa shape index (κ1) is 23.4. The van der Waals surface area contributed by atoms with Gasteiger partial charge in [0.15, 0.2) is 0 Å². The number of carboxylic acid groups (broad SMARTS) is 1. The fourth-order valence-electron chi connectivity index (χ4n) is 2.81. The molecule has 0 radical (unpaired) electrons. The average Bonchev–Trinajstić information content (AvgIpc) is 2.76. The van der Waals surface area contributed by atoms with E-state index in [-0.39, 0.29) is 32.0 Å². The summed E-state index contributed by atoms with van der Waals surface area (Å²) in [5.74, 6) is -2.59. The summed E-state index contributed by atoms with van der Waals surface area (Å²) < 4.78 is 36.1. The molecule has 2 bridgehead atoms. The molecule has 1 fully saturated rings. The van der Waals surface area contributed by atoms with Crippen molar-refractivity contribution in [3.05, 3.63) is 11.6 Å². The van der Waals surface area contributed by atoms with Crippen molar-refractivity contribution in [2.75, 3.05) is 19.3 Å². The van der Waals surface area contributed by atoms with Crippen LogP contribution < -0.4 is 4.83 Å². The van der Waals surface area contributed by atoms with Crippen molar-refractivity contribution >= 4 is 46.8 Å². The second-order valence-electron chi connectivity index (χ2n) is 5.85. The standard InChI is InChI=1S/C13H19FN4O7S.Li.H/c1-4-17(15-26(3,23)24)11(19)9-7(2)5-8-6-16(9)13(22)18(8)25-10(14)12(20)21;;/h5,8-10,15H,4,6H2,1-3H3,(H,20,21);;/t8-,9+,10-;;/m1../s1. The number of alkyl halides is 1. The fraction of sp³-hybridized carbons (Fsp3) is 0.615. The number of urea groups is 1. The van der Waals surface area contributed by atoms with Crippen LogP contribution in [0.4, 0.5) is 9.18 Å². The molecule has 27 heavy (non-hydrogen) atoms. The molecule has 2 aliphatic rings. The van der Waals surface area contributed by atoms with Gasteiger partial charge in [0.1, 0.15) is 6.04 Å². The number of likely N-dealkylation sites (N-methyl/N-ethyl adjacent to an activating group) is 1. The first-order valence-electron chi connectivity index (χ1n) is 7.56. The number of aliphatic carboxylic acids is 1. The van der Waals surface area contributed by atoms with Crippen LogP contribution in [0.5, 0.6) is 0 Å². The van der Waals surface area contributed by atoms with E-state index in [1.165, 1.54) is 6.08 Å². The third-order valence-electron chi connectivity index (χ3n) is 3.81. The molecule has 0 aromatic rings. The van der Waals surface area contributed by atoms with Gasteiger partial charge in [0.2, 0.25) is 10.0 Å². The van der Waals surface area contributed by atoms with E-state index in [1.54, 1.807) is 13.8 Å². The summed E-state index contributed by atoms with van der Waals surface area (Å²) in [6.07, 6.45) is -0.374. The molecule has 2 aliphatic heterocycles. The Labute approximate surface area is 167 Å².